The summed E-state index contributed by atoms with van der Waals surface area (Å²) in [6, 6.07) is 0. The summed E-state index contributed by atoms with van der Waals surface area (Å²) in [5.74, 6) is -0.522. The normalized spacial score (nSPS) is 15.5. The summed E-state index contributed by atoms with van der Waals surface area (Å²) in [5.41, 5.74) is 0. The average molecular weight is 443 g/mol. The van der Waals surface area contributed by atoms with Crippen molar-refractivity contribution >= 4 is 12.1 Å². The number of carbonyl (C=O) groups is 2. The van der Waals surface area contributed by atoms with Gasteiger partial charge >= 0.3 is 12.1 Å². The standard InChI is InChI=1S/C23H42N2O6/c1-2-3-4-5-6-7-8-11-20(12-13-22(28)30-21(18-26)19-27)31-23(29)24-14-17-25-15-9-10-16-25/h6-7,20-21,26-27H,2-5,8-19H2,1H3,(H,24,29)/b7-6-. The maximum atomic E-state index is 12.2. The van der Waals surface area contributed by atoms with Gasteiger partial charge in [0.05, 0.1) is 13.2 Å². The number of carbonyl (C=O) groups excluding carboxylic acids is 2. The first kappa shape index (κ1) is 27.4. The summed E-state index contributed by atoms with van der Waals surface area (Å²) in [7, 11) is 0. The van der Waals surface area contributed by atoms with Gasteiger partial charge in [-0.25, -0.2) is 4.79 Å². The van der Waals surface area contributed by atoms with E-state index in [4.69, 9.17) is 19.7 Å². The fraction of sp³-hybridized carbons (Fsp3) is 0.826. The molecule has 1 amide bonds. The van der Waals surface area contributed by atoms with Crippen molar-refractivity contribution in [1.82, 2.24) is 10.2 Å². The van der Waals surface area contributed by atoms with E-state index in [1.54, 1.807) is 0 Å². The van der Waals surface area contributed by atoms with E-state index in [0.29, 0.717) is 19.4 Å². The maximum absolute atomic E-state index is 12.2. The van der Waals surface area contributed by atoms with Gasteiger partial charge < -0.3 is 29.9 Å². The van der Waals surface area contributed by atoms with Gasteiger partial charge in [-0.3, -0.25) is 4.79 Å². The molecule has 0 aromatic carbocycles. The molecule has 1 fully saturated rings. The predicted molar refractivity (Wildman–Crippen MR) is 120 cm³/mol. The Labute approximate surface area is 187 Å². The molecule has 0 saturated carbocycles. The highest BCUT2D eigenvalue weighted by Crippen LogP contribution is 2.13. The van der Waals surface area contributed by atoms with Crippen LogP contribution in [0, 0.1) is 0 Å². The zero-order chi connectivity index (χ0) is 22.7. The summed E-state index contributed by atoms with van der Waals surface area (Å²) in [4.78, 5) is 26.4. The second kappa shape index (κ2) is 18.0. The third-order valence-electron chi connectivity index (χ3n) is 5.34. The minimum Gasteiger partial charge on any atom is -0.457 e. The number of hydrogen-bond donors (Lipinski definition) is 3. The van der Waals surface area contributed by atoms with Crippen molar-refractivity contribution in [3.8, 4) is 0 Å². The van der Waals surface area contributed by atoms with E-state index in [-0.39, 0.29) is 6.42 Å². The van der Waals surface area contributed by atoms with E-state index >= 15 is 0 Å². The molecule has 1 unspecified atom stereocenters. The fourth-order valence-electron chi connectivity index (χ4n) is 3.46. The van der Waals surface area contributed by atoms with E-state index in [2.05, 4.69) is 29.3 Å². The SMILES string of the molecule is CCCCC/C=C\CCC(CCC(=O)OC(CO)CO)OC(=O)NCCN1CCCC1. The lowest BCUT2D eigenvalue weighted by atomic mass is 10.1. The number of rotatable bonds is 17. The lowest BCUT2D eigenvalue weighted by molar-refractivity contribution is -0.154. The van der Waals surface area contributed by atoms with Crippen LogP contribution >= 0.6 is 0 Å². The molecular weight excluding hydrogens is 400 g/mol. The van der Waals surface area contributed by atoms with Gasteiger partial charge in [0, 0.05) is 19.5 Å². The number of unbranched alkanes of at least 4 members (excludes halogenated alkanes) is 3. The van der Waals surface area contributed by atoms with Crippen LogP contribution in [0.1, 0.15) is 71.1 Å². The second-order valence-corrected chi connectivity index (χ2v) is 8.06. The summed E-state index contributed by atoms with van der Waals surface area (Å²) in [6.45, 7) is 4.84. The number of aliphatic hydroxyl groups is 2. The number of aliphatic hydroxyl groups excluding tert-OH is 2. The molecule has 8 nitrogen and oxygen atoms in total. The smallest absolute Gasteiger partial charge is 0.407 e. The average Bonchev–Trinajstić information content (AvgIpc) is 3.28. The number of allylic oxidation sites excluding steroid dienone is 2. The zero-order valence-electron chi connectivity index (χ0n) is 19.1. The van der Waals surface area contributed by atoms with Crippen molar-refractivity contribution in [2.45, 2.75) is 83.3 Å². The predicted octanol–water partition coefficient (Wildman–Crippen LogP) is 2.77. The number of ether oxygens (including phenoxy) is 2. The quantitative estimate of drug-likeness (QED) is 0.181. The highest BCUT2D eigenvalue weighted by atomic mass is 16.6. The lowest BCUT2D eigenvalue weighted by Gasteiger charge is -2.19. The van der Waals surface area contributed by atoms with Crippen molar-refractivity contribution in [2.75, 3.05) is 39.4 Å². The van der Waals surface area contributed by atoms with E-state index < -0.39 is 37.5 Å². The van der Waals surface area contributed by atoms with E-state index in [1.807, 2.05) is 0 Å². The Morgan fingerprint density at radius 1 is 1.00 bits per heavy atom. The van der Waals surface area contributed by atoms with Crippen molar-refractivity contribution in [2.24, 2.45) is 0 Å². The fourth-order valence-corrected chi connectivity index (χ4v) is 3.46. The van der Waals surface area contributed by atoms with Crippen LogP contribution in [0.2, 0.25) is 0 Å². The molecule has 0 aliphatic carbocycles. The Bertz CT molecular complexity index is 504. The topological polar surface area (TPSA) is 108 Å². The minimum atomic E-state index is -0.910. The van der Waals surface area contributed by atoms with Crippen LogP contribution in [0.25, 0.3) is 0 Å². The Balaban J connectivity index is 2.39. The van der Waals surface area contributed by atoms with Gasteiger partial charge in [-0.05, 0) is 58.0 Å². The molecule has 1 heterocycles. The largest absolute Gasteiger partial charge is 0.457 e. The molecular formula is C23H42N2O6. The zero-order valence-corrected chi connectivity index (χ0v) is 19.1. The number of esters is 1. The van der Waals surface area contributed by atoms with Gasteiger partial charge in [-0.2, -0.15) is 0 Å². The number of nitrogens with zero attached hydrogens (tertiary/aromatic N) is 1. The number of nitrogens with one attached hydrogen (secondary N) is 1. The van der Waals surface area contributed by atoms with Gasteiger partial charge in [0.15, 0.2) is 0 Å². The van der Waals surface area contributed by atoms with E-state index in [9.17, 15) is 9.59 Å². The Kier molecular flexibility index (Phi) is 15.9. The first-order chi connectivity index (χ1) is 15.1. The molecule has 1 atom stereocenters. The van der Waals surface area contributed by atoms with Crippen molar-refractivity contribution in [1.29, 1.82) is 0 Å². The summed E-state index contributed by atoms with van der Waals surface area (Å²) < 4.78 is 10.6. The van der Waals surface area contributed by atoms with E-state index in [1.165, 1.54) is 32.1 Å². The first-order valence-electron chi connectivity index (χ1n) is 11.8. The first-order valence-corrected chi connectivity index (χ1v) is 11.8. The molecule has 1 rings (SSSR count). The maximum Gasteiger partial charge on any atom is 0.407 e. The third kappa shape index (κ3) is 14.1. The number of alkyl carbamates (subject to hydrolysis) is 1. The molecule has 8 heteroatoms. The van der Waals surface area contributed by atoms with Crippen LogP contribution in [0.15, 0.2) is 12.2 Å². The molecule has 3 N–H and O–H groups in total. The van der Waals surface area contributed by atoms with Crippen LogP contribution in [0.5, 0.6) is 0 Å². The molecule has 1 aliphatic rings. The van der Waals surface area contributed by atoms with Crippen molar-refractivity contribution < 1.29 is 29.3 Å². The van der Waals surface area contributed by atoms with Gasteiger partial charge in [0.1, 0.15) is 12.2 Å². The number of hydrogen-bond acceptors (Lipinski definition) is 7. The van der Waals surface area contributed by atoms with Crippen molar-refractivity contribution in [3.63, 3.8) is 0 Å². The molecule has 0 bridgehead atoms. The molecule has 1 saturated heterocycles. The molecule has 0 spiro atoms. The third-order valence-corrected chi connectivity index (χ3v) is 5.34. The molecule has 0 aromatic heterocycles. The molecule has 0 radical (unpaired) electrons. The second-order valence-electron chi connectivity index (χ2n) is 8.06. The molecule has 1 aliphatic heterocycles. The lowest BCUT2D eigenvalue weighted by Crippen LogP contribution is -2.35. The highest BCUT2D eigenvalue weighted by molar-refractivity contribution is 5.70. The van der Waals surface area contributed by atoms with Crippen LogP contribution in [-0.2, 0) is 14.3 Å². The van der Waals surface area contributed by atoms with Crippen LogP contribution < -0.4 is 5.32 Å². The monoisotopic (exact) mass is 442 g/mol. The van der Waals surface area contributed by atoms with Gasteiger partial charge in [-0.15, -0.1) is 0 Å². The van der Waals surface area contributed by atoms with Crippen molar-refractivity contribution in [3.05, 3.63) is 12.2 Å². The summed E-state index contributed by atoms with van der Waals surface area (Å²) >= 11 is 0. The summed E-state index contributed by atoms with van der Waals surface area (Å²) in [6.07, 6.45) is 11.3. The Morgan fingerprint density at radius 3 is 2.39 bits per heavy atom. The van der Waals surface area contributed by atoms with Crippen LogP contribution in [-0.4, -0.2) is 78.8 Å². The van der Waals surface area contributed by atoms with Crippen LogP contribution in [0.3, 0.4) is 0 Å². The summed E-state index contributed by atoms with van der Waals surface area (Å²) in [5, 5.41) is 20.9. The minimum absolute atomic E-state index is 0.0580. The van der Waals surface area contributed by atoms with Gasteiger partial charge in [-0.1, -0.05) is 31.9 Å². The van der Waals surface area contributed by atoms with Gasteiger partial charge in [0.25, 0.3) is 0 Å². The Morgan fingerprint density at radius 2 is 1.71 bits per heavy atom. The Hall–Kier alpha value is -1.64. The van der Waals surface area contributed by atoms with Gasteiger partial charge in [0.2, 0.25) is 0 Å². The van der Waals surface area contributed by atoms with E-state index in [0.717, 1.165) is 32.5 Å². The van der Waals surface area contributed by atoms with Crippen LogP contribution in [0.4, 0.5) is 4.79 Å². The number of amides is 1. The molecule has 180 valence electrons. The highest BCUT2D eigenvalue weighted by Gasteiger charge is 2.19. The molecule has 31 heavy (non-hydrogen) atoms. The number of likely N-dealkylation sites (tertiary alicyclic amines) is 1. The molecule has 0 aromatic rings.